The van der Waals surface area contributed by atoms with E-state index in [1.165, 1.54) is 12.1 Å². The highest BCUT2D eigenvalue weighted by molar-refractivity contribution is 6.01. The minimum Gasteiger partial charge on any atom is -0.296 e. The zero-order valence-corrected chi connectivity index (χ0v) is 11.4. The van der Waals surface area contributed by atoms with E-state index in [0.717, 1.165) is 0 Å². The number of hydrogen-bond donors (Lipinski definition) is 1. The highest BCUT2D eigenvalue weighted by Gasteiger charge is 2.42. The summed E-state index contributed by atoms with van der Waals surface area (Å²) in [6.07, 6.45) is 0.288. The van der Waals surface area contributed by atoms with E-state index in [1.54, 1.807) is 12.1 Å². The summed E-state index contributed by atoms with van der Waals surface area (Å²) in [6.45, 7) is 5.99. The summed E-state index contributed by atoms with van der Waals surface area (Å²) in [6, 6.07) is 6.05. The second kappa shape index (κ2) is 4.76. The Labute approximate surface area is 112 Å². The molecule has 1 heterocycles. The number of imide groups is 1. The maximum absolute atomic E-state index is 13.4. The van der Waals surface area contributed by atoms with Crippen LogP contribution in [-0.4, -0.2) is 11.8 Å². The summed E-state index contributed by atoms with van der Waals surface area (Å²) in [5, 5.41) is 2.35. The molecule has 1 saturated heterocycles. The lowest BCUT2D eigenvalue weighted by molar-refractivity contribution is -0.138. The van der Waals surface area contributed by atoms with Crippen LogP contribution in [0, 0.1) is 17.2 Å². The molecule has 0 aliphatic carbocycles. The smallest absolute Gasteiger partial charge is 0.234 e. The van der Waals surface area contributed by atoms with Gasteiger partial charge in [-0.3, -0.25) is 14.9 Å². The van der Waals surface area contributed by atoms with Crippen molar-refractivity contribution in [1.29, 1.82) is 0 Å². The molecule has 2 unspecified atom stereocenters. The summed E-state index contributed by atoms with van der Waals surface area (Å²) >= 11 is 0. The van der Waals surface area contributed by atoms with Gasteiger partial charge in [0.15, 0.2) is 0 Å². The Morgan fingerprint density at radius 3 is 2.53 bits per heavy atom. The van der Waals surface area contributed by atoms with Crippen molar-refractivity contribution in [3.05, 3.63) is 35.6 Å². The highest BCUT2D eigenvalue weighted by Crippen LogP contribution is 2.42. The molecule has 1 aliphatic rings. The minimum atomic E-state index is -0.478. The molecular weight excluding hydrogens is 245 g/mol. The molecule has 19 heavy (non-hydrogen) atoms. The van der Waals surface area contributed by atoms with Crippen molar-refractivity contribution in [2.24, 2.45) is 11.3 Å². The molecule has 1 aromatic carbocycles. The molecule has 1 aliphatic heterocycles. The first-order valence-electron chi connectivity index (χ1n) is 6.38. The Balaban J connectivity index is 2.44. The Bertz CT molecular complexity index is 519. The van der Waals surface area contributed by atoms with Gasteiger partial charge in [0.05, 0.1) is 5.92 Å². The van der Waals surface area contributed by atoms with Crippen molar-refractivity contribution in [2.75, 3.05) is 0 Å². The number of amides is 2. The van der Waals surface area contributed by atoms with Gasteiger partial charge >= 0.3 is 0 Å². The van der Waals surface area contributed by atoms with Crippen LogP contribution >= 0.6 is 0 Å². The maximum Gasteiger partial charge on any atom is 0.234 e. The van der Waals surface area contributed by atoms with Crippen LogP contribution < -0.4 is 5.32 Å². The molecule has 2 rings (SSSR count). The second-order valence-corrected chi connectivity index (χ2v) is 6.12. The maximum atomic E-state index is 13.4. The Morgan fingerprint density at radius 1 is 1.26 bits per heavy atom. The van der Waals surface area contributed by atoms with Gasteiger partial charge in [0.1, 0.15) is 5.82 Å². The fourth-order valence-electron chi connectivity index (χ4n) is 2.66. The lowest BCUT2D eigenvalue weighted by Gasteiger charge is -2.39. The topological polar surface area (TPSA) is 46.2 Å². The van der Waals surface area contributed by atoms with Gasteiger partial charge < -0.3 is 0 Å². The van der Waals surface area contributed by atoms with Crippen LogP contribution in [0.1, 0.15) is 38.7 Å². The Kier molecular flexibility index (Phi) is 3.43. The van der Waals surface area contributed by atoms with Gasteiger partial charge in [0.25, 0.3) is 0 Å². The van der Waals surface area contributed by atoms with E-state index in [4.69, 9.17) is 0 Å². The normalized spacial score (nSPS) is 24.2. The molecule has 0 bridgehead atoms. The molecule has 4 heteroatoms. The van der Waals surface area contributed by atoms with Gasteiger partial charge in [-0.15, -0.1) is 0 Å². The van der Waals surface area contributed by atoms with E-state index in [2.05, 4.69) is 5.32 Å². The van der Waals surface area contributed by atoms with Crippen LogP contribution in [0.5, 0.6) is 0 Å². The van der Waals surface area contributed by atoms with Gasteiger partial charge in [-0.2, -0.15) is 0 Å². The van der Waals surface area contributed by atoms with Gasteiger partial charge in [0, 0.05) is 6.42 Å². The van der Waals surface area contributed by atoms with Crippen molar-refractivity contribution in [3.8, 4) is 0 Å². The second-order valence-electron chi connectivity index (χ2n) is 6.12. The molecule has 1 aromatic rings. The number of halogens is 1. The third-order valence-corrected chi connectivity index (χ3v) is 3.67. The largest absolute Gasteiger partial charge is 0.296 e. The van der Waals surface area contributed by atoms with E-state index >= 15 is 0 Å². The van der Waals surface area contributed by atoms with Crippen molar-refractivity contribution in [3.63, 3.8) is 0 Å². The summed E-state index contributed by atoms with van der Waals surface area (Å²) in [5.41, 5.74) is 0.426. The lowest BCUT2D eigenvalue weighted by atomic mass is 9.67. The quantitative estimate of drug-likeness (QED) is 0.792. The van der Waals surface area contributed by atoms with Crippen LogP contribution in [0.4, 0.5) is 4.39 Å². The number of hydrogen-bond acceptors (Lipinski definition) is 2. The fraction of sp³-hybridized carbons (Fsp3) is 0.467. The molecule has 0 aromatic heterocycles. The number of carbonyl (C=O) groups is 2. The van der Waals surface area contributed by atoms with Gasteiger partial charge in [-0.25, -0.2) is 4.39 Å². The first-order valence-corrected chi connectivity index (χ1v) is 6.38. The molecular formula is C15H18FNO2. The van der Waals surface area contributed by atoms with E-state index in [0.29, 0.717) is 5.56 Å². The summed E-state index contributed by atoms with van der Waals surface area (Å²) in [7, 11) is 0. The average Bonchev–Trinajstić information content (AvgIpc) is 2.26. The summed E-state index contributed by atoms with van der Waals surface area (Å²) in [5.74, 6) is -1.56. The van der Waals surface area contributed by atoms with Crippen molar-refractivity contribution >= 4 is 11.8 Å². The molecule has 102 valence electrons. The highest BCUT2D eigenvalue weighted by atomic mass is 19.1. The number of benzene rings is 1. The van der Waals surface area contributed by atoms with E-state index in [1.807, 2.05) is 20.8 Å². The van der Waals surface area contributed by atoms with Crippen LogP contribution in [0.25, 0.3) is 0 Å². The third kappa shape index (κ3) is 2.83. The predicted octanol–water partition coefficient (Wildman–Crippen LogP) is 2.62. The van der Waals surface area contributed by atoms with Crippen LogP contribution in [-0.2, 0) is 9.59 Å². The molecule has 0 spiro atoms. The fourth-order valence-corrected chi connectivity index (χ4v) is 2.66. The standard InChI is InChI=1S/C15H18FNO2/c1-15(2,3)11-8-12(18)17-14(19)13(11)9-5-4-6-10(16)7-9/h4-7,11,13H,8H2,1-3H3,(H,17,18,19). The van der Waals surface area contributed by atoms with Crippen LogP contribution in [0.3, 0.4) is 0 Å². The number of rotatable bonds is 1. The van der Waals surface area contributed by atoms with E-state index in [9.17, 15) is 14.0 Å². The Morgan fingerprint density at radius 2 is 1.95 bits per heavy atom. The molecule has 2 atom stereocenters. The monoisotopic (exact) mass is 263 g/mol. The minimum absolute atomic E-state index is 0.129. The van der Waals surface area contributed by atoms with Crippen molar-refractivity contribution < 1.29 is 14.0 Å². The SMILES string of the molecule is CC(C)(C)C1CC(=O)NC(=O)C1c1cccc(F)c1. The lowest BCUT2D eigenvalue weighted by Crippen LogP contribution is -2.48. The van der Waals surface area contributed by atoms with Crippen LogP contribution in [0.15, 0.2) is 24.3 Å². The molecule has 1 fully saturated rings. The van der Waals surface area contributed by atoms with Crippen LogP contribution in [0.2, 0.25) is 0 Å². The number of carbonyl (C=O) groups excluding carboxylic acids is 2. The summed E-state index contributed by atoms with van der Waals surface area (Å²) < 4.78 is 13.4. The molecule has 0 saturated carbocycles. The Hall–Kier alpha value is -1.71. The van der Waals surface area contributed by atoms with Gasteiger partial charge in [0.2, 0.25) is 11.8 Å². The third-order valence-electron chi connectivity index (χ3n) is 3.67. The van der Waals surface area contributed by atoms with Gasteiger partial charge in [-0.1, -0.05) is 32.9 Å². The molecule has 2 amide bonds. The van der Waals surface area contributed by atoms with Crippen molar-refractivity contribution in [2.45, 2.75) is 33.1 Å². The first kappa shape index (κ1) is 13.7. The zero-order valence-electron chi connectivity index (χ0n) is 11.4. The molecule has 3 nitrogen and oxygen atoms in total. The van der Waals surface area contributed by atoms with Crippen molar-refractivity contribution in [1.82, 2.24) is 5.32 Å². The predicted molar refractivity (Wildman–Crippen MR) is 69.9 cm³/mol. The van der Waals surface area contributed by atoms with Gasteiger partial charge in [-0.05, 0) is 29.0 Å². The average molecular weight is 263 g/mol. The molecule has 1 N–H and O–H groups in total. The van der Waals surface area contributed by atoms with E-state index in [-0.39, 0.29) is 35.4 Å². The zero-order chi connectivity index (χ0) is 14.2. The number of piperidine rings is 1. The first-order chi connectivity index (χ1) is 8.79. The molecule has 0 radical (unpaired) electrons. The summed E-state index contributed by atoms with van der Waals surface area (Å²) in [4.78, 5) is 23.7. The van der Waals surface area contributed by atoms with E-state index < -0.39 is 5.92 Å². The number of nitrogens with one attached hydrogen (secondary N) is 1.